The molecule has 0 atom stereocenters. The maximum Gasteiger partial charge on any atom is 0.268 e. The van der Waals surface area contributed by atoms with Crippen molar-refractivity contribution in [2.24, 2.45) is 0 Å². The van der Waals surface area contributed by atoms with Gasteiger partial charge in [0.05, 0.1) is 16.1 Å². The average Bonchev–Trinajstić information content (AvgIpc) is 3.25. The maximum absolute atomic E-state index is 13.8. The molecule has 5 rings (SSSR count). The van der Waals surface area contributed by atoms with E-state index >= 15 is 0 Å². The Morgan fingerprint density at radius 1 is 0.900 bits per heavy atom. The van der Waals surface area contributed by atoms with Crippen LogP contribution >= 0.6 is 11.6 Å². The van der Waals surface area contributed by atoms with Crippen LogP contribution < -0.4 is 0 Å². The molecule has 0 amide bonds. The number of halogens is 1. The molecule has 0 aliphatic rings. The first-order valence-corrected chi connectivity index (χ1v) is 11.4. The predicted octanol–water partition coefficient (Wildman–Crippen LogP) is 6.30. The second kappa shape index (κ2) is 6.76. The van der Waals surface area contributed by atoms with Gasteiger partial charge in [0.1, 0.15) is 0 Å². The van der Waals surface area contributed by atoms with Crippen molar-refractivity contribution in [3.63, 3.8) is 0 Å². The largest absolute Gasteiger partial charge is 0.358 e. The van der Waals surface area contributed by atoms with Crippen LogP contribution in [0.25, 0.3) is 33.1 Å². The first-order valence-electron chi connectivity index (χ1n) is 9.57. The van der Waals surface area contributed by atoms with Gasteiger partial charge >= 0.3 is 0 Å². The van der Waals surface area contributed by atoms with Crippen molar-refractivity contribution < 1.29 is 8.42 Å². The molecule has 150 valence electrons. The lowest BCUT2D eigenvalue weighted by atomic mass is 10.1. The summed E-state index contributed by atoms with van der Waals surface area (Å²) in [4.78, 5) is 3.61. The minimum absolute atomic E-state index is 0.256. The van der Waals surface area contributed by atoms with E-state index in [1.807, 2.05) is 74.5 Å². The molecule has 1 N–H and O–H groups in total. The van der Waals surface area contributed by atoms with Gasteiger partial charge in [0.2, 0.25) is 0 Å². The first-order chi connectivity index (χ1) is 14.4. The number of hydrogen-bond donors (Lipinski definition) is 1. The Balaban J connectivity index is 1.89. The van der Waals surface area contributed by atoms with Gasteiger partial charge < -0.3 is 4.98 Å². The number of nitrogens with zero attached hydrogens (tertiary/aromatic N) is 1. The Labute approximate surface area is 179 Å². The van der Waals surface area contributed by atoms with Gasteiger partial charge in [-0.3, -0.25) is 0 Å². The van der Waals surface area contributed by atoms with Gasteiger partial charge in [0.25, 0.3) is 10.0 Å². The fourth-order valence-electron chi connectivity index (χ4n) is 4.01. The van der Waals surface area contributed by atoms with E-state index in [2.05, 4.69) is 4.98 Å². The molecule has 6 heteroatoms. The number of fused-ring (bicyclic) bond motifs is 2. The summed E-state index contributed by atoms with van der Waals surface area (Å²) in [7, 11) is -3.82. The molecule has 0 radical (unpaired) electrons. The van der Waals surface area contributed by atoms with Crippen molar-refractivity contribution in [1.29, 1.82) is 0 Å². The third-order valence-electron chi connectivity index (χ3n) is 5.43. The highest BCUT2D eigenvalue weighted by atomic mass is 35.5. The van der Waals surface area contributed by atoms with E-state index < -0.39 is 10.0 Å². The standard InChI is InChI=1S/C24H19ClN2O2S/c1-15-7-10-19(11-8-15)30(28,29)27-22-6-4-3-5-17(22)13-23(27)24-16(2)26-21-12-9-18(25)14-20(21)24/h3-14,26H,1-2H3. The highest BCUT2D eigenvalue weighted by molar-refractivity contribution is 7.90. The molecule has 0 saturated heterocycles. The summed E-state index contributed by atoms with van der Waals surface area (Å²) in [6, 6.07) is 22.0. The second-order valence-corrected chi connectivity index (χ2v) is 9.71. The van der Waals surface area contributed by atoms with Gasteiger partial charge in [0.15, 0.2) is 0 Å². The molecule has 5 aromatic rings. The molecular formula is C24H19ClN2O2S. The molecular weight excluding hydrogens is 416 g/mol. The van der Waals surface area contributed by atoms with E-state index in [-0.39, 0.29) is 4.90 Å². The normalized spacial score (nSPS) is 12.1. The third kappa shape index (κ3) is 2.85. The quantitative estimate of drug-likeness (QED) is 0.362. The summed E-state index contributed by atoms with van der Waals surface area (Å²) >= 11 is 6.27. The highest BCUT2D eigenvalue weighted by Crippen LogP contribution is 2.38. The lowest BCUT2D eigenvalue weighted by Crippen LogP contribution is -2.14. The van der Waals surface area contributed by atoms with E-state index in [1.54, 1.807) is 12.1 Å². The molecule has 0 fully saturated rings. The van der Waals surface area contributed by atoms with Crippen molar-refractivity contribution >= 4 is 43.4 Å². The molecule has 0 saturated carbocycles. The zero-order chi connectivity index (χ0) is 21.0. The summed E-state index contributed by atoms with van der Waals surface area (Å²) in [6.45, 7) is 3.88. The summed E-state index contributed by atoms with van der Waals surface area (Å²) < 4.78 is 29.0. The molecule has 0 aliphatic heterocycles. The number of benzene rings is 3. The number of para-hydroxylation sites is 1. The molecule has 2 aromatic heterocycles. The van der Waals surface area contributed by atoms with Gasteiger partial charge in [-0.15, -0.1) is 0 Å². The summed E-state index contributed by atoms with van der Waals surface area (Å²) in [5.41, 5.74) is 4.89. The number of rotatable bonds is 3. The second-order valence-electron chi connectivity index (χ2n) is 7.49. The Morgan fingerprint density at radius 2 is 1.63 bits per heavy atom. The third-order valence-corrected chi connectivity index (χ3v) is 7.41. The average molecular weight is 435 g/mol. The number of hydrogen-bond acceptors (Lipinski definition) is 2. The van der Waals surface area contributed by atoms with Crippen molar-refractivity contribution in [2.75, 3.05) is 0 Å². The lowest BCUT2D eigenvalue weighted by Gasteiger charge is -2.13. The molecule has 0 spiro atoms. The van der Waals surface area contributed by atoms with E-state index in [9.17, 15) is 8.42 Å². The van der Waals surface area contributed by atoms with Crippen LogP contribution in [0.4, 0.5) is 0 Å². The van der Waals surface area contributed by atoms with Gasteiger partial charge in [0, 0.05) is 32.6 Å². The van der Waals surface area contributed by atoms with Crippen molar-refractivity contribution in [3.05, 3.63) is 89.1 Å². The smallest absolute Gasteiger partial charge is 0.268 e. The Hall–Kier alpha value is -3.02. The van der Waals surface area contributed by atoms with Crippen LogP contribution in [0.1, 0.15) is 11.3 Å². The van der Waals surface area contributed by atoms with Crippen LogP contribution in [0.3, 0.4) is 0 Å². The first kappa shape index (κ1) is 19.0. The number of aromatic amines is 1. The van der Waals surface area contributed by atoms with Crippen molar-refractivity contribution in [1.82, 2.24) is 8.96 Å². The van der Waals surface area contributed by atoms with Gasteiger partial charge in [-0.05, 0) is 56.3 Å². The Kier molecular flexibility index (Phi) is 4.27. The molecule has 0 bridgehead atoms. The van der Waals surface area contributed by atoms with Crippen LogP contribution in [-0.2, 0) is 10.0 Å². The molecule has 4 nitrogen and oxygen atoms in total. The van der Waals surface area contributed by atoms with E-state index in [0.717, 1.165) is 33.1 Å². The van der Waals surface area contributed by atoms with E-state index in [0.29, 0.717) is 16.2 Å². The Bertz CT molecular complexity index is 1530. The van der Waals surface area contributed by atoms with Crippen LogP contribution in [0, 0.1) is 13.8 Å². The van der Waals surface area contributed by atoms with Gasteiger partial charge in [-0.1, -0.05) is 47.5 Å². The van der Waals surface area contributed by atoms with Crippen LogP contribution in [-0.4, -0.2) is 17.4 Å². The highest BCUT2D eigenvalue weighted by Gasteiger charge is 2.26. The summed E-state index contributed by atoms with van der Waals surface area (Å²) in [6.07, 6.45) is 0. The van der Waals surface area contributed by atoms with E-state index in [4.69, 9.17) is 11.6 Å². The fraction of sp³-hybridized carbons (Fsp3) is 0.0833. The minimum Gasteiger partial charge on any atom is -0.358 e. The van der Waals surface area contributed by atoms with Crippen LogP contribution in [0.15, 0.2) is 77.7 Å². The number of nitrogens with one attached hydrogen (secondary N) is 1. The van der Waals surface area contributed by atoms with Gasteiger partial charge in [-0.2, -0.15) is 0 Å². The predicted molar refractivity (Wildman–Crippen MR) is 123 cm³/mol. The zero-order valence-corrected chi connectivity index (χ0v) is 18.1. The minimum atomic E-state index is -3.82. The zero-order valence-electron chi connectivity index (χ0n) is 16.5. The maximum atomic E-state index is 13.8. The summed E-state index contributed by atoms with van der Waals surface area (Å²) in [5.74, 6) is 0. The van der Waals surface area contributed by atoms with Crippen molar-refractivity contribution in [3.8, 4) is 11.3 Å². The topological polar surface area (TPSA) is 54.9 Å². The molecule has 0 unspecified atom stereocenters. The fourth-order valence-corrected chi connectivity index (χ4v) is 5.70. The number of aryl methyl sites for hydroxylation is 2. The van der Waals surface area contributed by atoms with Crippen LogP contribution in [0.2, 0.25) is 5.02 Å². The number of H-pyrrole nitrogens is 1. The number of aromatic nitrogens is 2. The van der Waals surface area contributed by atoms with Crippen LogP contribution in [0.5, 0.6) is 0 Å². The molecule has 2 heterocycles. The lowest BCUT2D eigenvalue weighted by molar-refractivity contribution is 0.589. The Morgan fingerprint density at radius 3 is 2.40 bits per heavy atom. The van der Waals surface area contributed by atoms with E-state index in [1.165, 1.54) is 3.97 Å². The van der Waals surface area contributed by atoms with Gasteiger partial charge in [-0.25, -0.2) is 12.4 Å². The molecule has 3 aromatic carbocycles. The SMILES string of the molecule is Cc1ccc(S(=O)(=O)n2c(-c3c(C)[nH]c4ccc(Cl)cc34)cc3ccccc32)cc1. The summed E-state index contributed by atoms with van der Waals surface area (Å²) in [5, 5.41) is 2.36. The molecule has 30 heavy (non-hydrogen) atoms. The monoisotopic (exact) mass is 434 g/mol. The van der Waals surface area contributed by atoms with Crippen molar-refractivity contribution in [2.45, 2.75) is 18.7 Å². The molecule has 0 aliphatic carbocycles.